The van der Waals surface area contributed by atoms with Gasteiger partial charge in [-0.1, -0.05) is 23.8 Å². The van der Waals surface area contributed by atoms with Crippen LogP contribution in [0.2, 0.25) is 0 Å². The van der Waals surface area contributed by atoms with E-state index < -0.39 is 0 Å². The molecule has 0 fully saturated rings. The minimum absolute atomic E-state index is 0. The van der Waals surface area contributed by atoms with Gasteiger partial charge in [0.2, 0.25) is 5.95 Å². The molecule has 2 N–H and O–H groups in total. The molecule has 1 heterocycles. The van der Waals surface area contributed by atoms with Gasteiger partial charge in [-0.25, -0.2) is 26.5 Å². The number of anilines is 1. The summed E-state index contributed by atoms with van der Waals surface area (Å²) in [5.41, 5.74) is 8.97. The Balaban J connectivity index is 0.000000325. The number of halogens is 1. The molecule has 4 aromatic rings. The van der Waals surface area contributed by atoms with Crippen LogP contribution < -0.4 is 5.73 Å². The van der Waals surface area contributed by atoms with E-state index in [9.17, 15) is 4.39 Å². The van der Waals surface area contributed by atoms with Gasteiger partial charge in [-0.3, -0.25) is 0 Å². The van der Waals surface area contributed by atoms with Crippen LogP contribution in [0.15, 0.2) is 84.9 Å². The largest absolute Gasteiger partial charge is 2.00 e. The van der Waals surface area contributed by atoms with Crippen LogP contribution in [0.5, 0.6) is 0 Å². The van der Waals surface area contributed by atoms with Crippen molar-refractivity contribution in [2.75, 3.05) is 5.73 Å². The predicted molar refractivity (Wildman–Crippen MR) is 94.9 cm³/mol. The van der Waals surface area contributed by atoms with E-state index >= 15 is 0 Å². The standard InChI is InChI=1S/C15H11FN3.C5H5.Fe/c16-12-7-5-11(6-8-12)14-9-13(18-15(17)19-14)10-3-1-2-4-10;1-2-4-5-3-1;/h1-9H,(H2,17,18,19);1-5H;/q2*-1;+2. The maximum atomic E-state index is 12.9. The molecule has 0 atom stereocenters. The summed E-state index contributed by atoms with van der Waals surface area (Å²) in [6.07, 6.45) is 0. The SMILES string of the molecule is Nc1nc(-c2ccc(F)cc2)cc(-[c-]2cccc2)n1.[Fe+2].c1cc[cH-]c1. The van der Waals surface area contributed by atoms with Crippen LogP contribution >= 0.6 is 0 Å². The van der Waals surface area contributed by atoms with E-state index in [0.29, 0.717) is 5.69 Å². The quantitative estimate of drug-likeness (QED) is 0.411. The van der Waals surface area contributed by atoms with Crippen LogP contribution in [0.1, 0.15) is 0 Å². The molecule has 0 aliphatic carbocycles. The molecule has 0 spiro atoms. The van der Waals surface area contributed by atoms with Gasteiger partial charge >= 0.3 is 17.1 Å². The van der Waals surface area contributed by atoms with Crippen molar-refractivity contribution < 1.29 is 21.5 Å². The fourth-order valence-electron chi connectivity index (χ4n) is 2.25. The molecule has 3 nitrogen and oxygen atoms in total. The smallest absolute Gasteiger partial charge is 0.368 e. The first-order chi connectivity index (χ1) is 11.7. The van der Waals surface area contributed by atoms with Gasteiger partial charge in [0.25, 0.3) is 0 Å². The van der Waals surface area contributed by atoms with E-state index in [1.165, 1.54) is 12.1 Å². The molecule has 126 valence electrons. The first-order valence-electron chi connectivity index (χ1n) is 7.51. The summed E-state index contributed by atoms with van der Waals surface area (Å²) in [4.78, 5) is 8.40. The molecule has 0 aliphatic rings. The molecule has 0 bridgehead atoms. The van der Waals surface area contributed by atoms with Gasteiger partial charge in [-0.2, -0.15) is 30.3 Å². The van der Waals surface area contributed by atoms with Crippen LogP contribution in [0.4, 0.5) is 10.3 Å². The van der Waals surface area contributed by atoms with E-state index in [1.807, 2.05) is 60.7 Å². The minimum Gasteiger partial charge on any atom is -0.368 e. The molecule has 4 rings (SSSR count). The second-order valence-electron chi connectivity index (χ2n) is 5.14. The molecule has 25 heavy (non-hydrogen) atoms. The zero-order valence-corrected chi connectivity index (χ0v) is 14.4. The van der Waals surface area contributed by atoms with E-state index in [2.05, 4.69) is 9.97 Å². The Morgan fingerprint density at radius 1 is 0.920 bits per heavy atom. The first kappa shape index (κ1) is 18.6. The summed E-state index contributed by atoms with van der Waals surface area (Å²) in [6.45, 7) is 0. The van der Waals surface area contributed by atoms with Gasteiger partial charge < -0.3 is 5.73 Å². The topological polar surface area (TPSA) is 51.8 Å². The minimum atomic E-state index is -0.276. The van der Waals surface area contributed by atoms with Crippen LogP contribution in [-0.2, 0) is 17.1 Å². The molecule has 3 aromatic carbocycles. The van der Waals surface area contributed by atoms with Crippen molar-refractivity contribution in [3.8, 4) is 22.5 Å². The van der Waals surface area contributed by atoms with Gasteiger partial charge in [-0.15, -0.1) is 12.1 Å². The number of benzene rings is 1. The number of nitrogen functional groups attached to an aromatic ring is 1. The summed E-state index contributed by atoms with van der Waals surface area (Å²) in [7, 11) is 0. The van der Waals surface area contributed by atoms with E-state index in [1.54, 1.807) is 12.1 Å². The summed E-state index contributed by atoms with van der Waals surface area (Å²) in [6, 6.07) is 25.8. The third-order valence-corrected chi connectivity index (χ3v) is 3.40. The molecule has 0 saturated carbocycles. The molecule has 0 aliphatic heterocycles. The molecule has 0 unspecified atom stereocenters. The molecule has 0 saturated heterocycles. The fraction of sp³-hybridized carbons (Fsp3) is 0. The normalized spacial score (nSPS) is 9.64. The summed E-state index contributed by atoms with van der Waals surface area (Å²) in [5.74, 6) is -0.0694. The van der Waals surface area contributed by atoms with Crippen molar-refractivity contribution >= 4 is 5.95 Å². The monoisotopic (exact) mass is 373 g/mol. The molecule has 0 amide bonds. The van der Waals surface area contributed by atoms with Crippen molar-refractivity contribution in [1.82, 2.24) is 9.97 Å². The third-order valence-electron chi connectivity index (χ3n) is 3.40. The fourth-order valence-corrected chi connectivity index (χ4v) is 2.25. The van der Waals surface area contributed by atoms with E-state index in [-0.39, 0.29) is 28.8 Å². The average molecular weight is 373 g/mol. The Hall–Kier alpha value is -2.75. The number of rotatable bonds is 2. The Morgan fingerprint density at radius 2 is 1.56 bits per heavy atom. The Kier molecular flexibility index (Phi) is 6.63. The third kappa shape index (κ3) is 5.11. The number of hydrogen-bond acceptors (Lipinski definition) is 3. The Labute approximate surface area is 156 Å². The van der Waals surface area contributed by atoms with Crippen molar-refractivity contribution in [3.05, 3.63) is 90.7 Å². The number of aromatic nitrogens is 2. The second-order valence-corrected chi connectivity index (χ2v) is 5.14. The van der Waals surface area contributed by atoms with Crippen molar-refractivity contribution in [2.45, 2.75) is 0 Å². The van der Waals surface area contributed by atoms with Crippen molar-refractivity contribution in [2.24, 2.45) is 0 Å². The average Bonchev–Trinajstić information content (AvgIpc) is 3.31. The molecule has 0 radical (unpaired) electrons. The number of hydrogen-bond donors (Lipinski definition) is 1. The van der Waals surface area contributed by atoms with Gasteiger partial charge in [0.05, 0.1) is 0 Å². The Morgan fingerprint density at radius 3 is 2.12 bits per heavy atom. The van der Waals surface area contributed by atoms with E-state index in [0.717, 1.165) is 16.8 Å². The number of nitrogens with two attached hydrogens (primary N) is 1. The van der Waals surface area contributed by atoms with Crippen LogP contribution in [0, 0.1) is 5.82 Å². The number of nitrogens with zero attached hydrogens (tertiary/aromatic N) is 2. The first-order valence-corrected chi connectivity index (χ1v) is 7.51. The molecular weight excluding hydrogens is 357 g/mol. The second kappa shape index (κ2) is 8.92. The molecular formula is C20H16FFeN3. The van der Waals surface area contributed by atoms with Crippen LogP contribution in [0.3, 0.4) is 0 Å². The van der Waals surface area contributed by atoms with Gasteiger partial charge in [0.1, 0.15) is 5.82 Å². The van der Waals surface area contributed by atoms with Gasteiger partial charge in [0, 0.05) is 5.69 Å². The zero-order chi connectivity index (χ0) is 16.8. The van der Waals surface area contributed by atoms with Crippen LogP contribution in [-0.4, -0.2) is 9.97 Å². The van der Waals surface area contributed by atoms with Crippen LogP contribution in [0.25, 0.3) is 22.5 Å². The van der Waals surface area contributed by atoms with E-state index in [4.69, 9.17) is 5.73 Å². The maximum Gasteiger partial charge on any atom is 2.00 e. The molecule has 1 aromatic heterocycles. The molecule has 5 heteroatoms. The van der Waals surface area contributed by atoms with Gasteiger partial charge in [0.15, 0.2) is 0 Å². The summed E-state index contributed by atoms with van der Waals surface area (Å²) < 4.78 is 12.9. The van der Waals surface area contributed by atoms with Crippen molar-refractivity contribution in [1.29, 1.82) is 0 Å². The van der Waals surface area contributed by atoms with Gasteiger partial charge in [-0.05, 0) is 23.4 Å². The summed E-state index contributed by atoms with van der Waals surface area (Å²) in [5, 5.41) is 0. The maximum absolute atomic E-state index is 12.9. The zero-order valence-electron chi connectivity index (χ0n) is 13.3. The predicted octanol–water partition coefficient (Wildman–Crippen LogP) is 4.65. The Bertz CT molecular complexity index is 853. The van der Waals surface area contributed by atoms with Crippen molar-refractivity contribution in [3.63, 3.8) is 0 Å². The summed E-state index contributed by atoms with van der Waals surface area (Å²) >= 11 is 0.